The van der Waals surface area contributed by atoms with Crippen molar-refractivity contribution in [2.45, 2.75) is 4.90 Å². The molecule has 12 heavy (non-hydrogen) atoms. The standard InChI is InChI=1S/C7H7FO3S/c1-11-7-3-2-5(12(9)10)4-6(7)8/h2-4H,1H3,(H,9,10)/p-1. The van der Waals surface area contributed by atoms with E-state index >= 15 is 0 Å². The number of ether oxygens (including phenoxy) is 1. The number of rotatable bonds is 2. The van der Waals surface area contributed by atoms with Crippen LogP contribution in [0.3, 0.4) is 0 Å². The average Bonchev–Trinajstić information content (AvgIpc) is 2.04. The Bertz CT molecular complexity index is 314. The molecule has 1 unspecified atom stereocenters. The molecule has 0 saturated carbocycles. The van der Waals surface area contributed by atoms with E-state index in [4.69, 9.17) is 0 Å². The number of benzene rings is 1. The van der Waals surface area contributed by atoms with Gasteiger partial charge in [-0.05, 0) is 29.3 Å². The highest BCUT2D eigenvalue weighted by Gasteiger charge is 2.02. The van der Waals surface area contributed by atoms with Gasteiger partial charge in [0.05, 0.1) is 7.11 Å². The lowest BCUT2D eigenvalue weighted by Crippen LogP contribution is -1.92. The van der Waals surface area contributed by atoms with E-state index in [1.165, 1.54) is 19.2 Å². The Labute approximate surface area is 71.5 Å². The average molecular weight is 189 g/mol. The Hall–Kier alpha value is -0.940. The maximum absolute atomic E-state index is 12.8. The van der Waals surface area contributed by atoms with Crippen molar-refractivity contribution < 1.29 is 17.9 Å². The second kappa shape index (κ2) is 3.64. The molecule has 66 valence electrons. The first-order valence-corrected chi connectivity index (χ1v) is 4.15. The molecule has 0 spiro atoms. The molecule has 1 atom stereocenters. The van der Waals surface area contributed by atoms with Crippen molar-refractivity contribution in [2.75, 3.05) is 7.11 Å². The molecule has 0 N–H and O–H groups in total. The highest BCUT2D eigenvalue weighted by Crippen LogP contribution is 2.18. The van der Waals surface area contributed by atoms with Gasteiger partial charge in [-0.2, -0.15) is 0 Å². The molecule has 0 bridgehead atoms. The van der Waals surface area contributed by atoms with E-state index in [1.54, 1.807) is 0 Å². The predicted molar refractivity (Wildman–Crippen MR) is 40.1 cm³/mol. The molecular formula is C7H6FO3S-. The quantitative estimate of drug-likeness (QED) is 0.654. The molecule has 5 heteroatoms. The van der Waals surface area contributed by atoms with Gasteiger partial charge >= 0.3 is 0 Å². The highest BCUT2D eigenvalue weighted by molar-refractivity contribution is 7.79. The van der Waals surface area contributed by atoms with Gasteiger partial charge in [-0.1, -0.05) is 0 Å². The summed E-state index contributed by atoms with van der Waals surface area (Å²) in [5, 5.41) is 0. The summed E-state index contributed by atoms with van der Waals surface area (Å²) in [5.74, 6) is -0.650. The van der Waals surface area contributed by atoms with Crippen LogP contribution < -0.4 is 4.74 Å². The van der Waals surface area contributed by atoms with Gasteiger partial charge < -0.3 is 9.29 Å². The molecule has 0 heterocycles. The van der Waals surface area contributed by atoms with Crippen LogP contribution in [0.4, 0.5) is 4.39 Å². The van der Waals surface area contributed by atoms with Crippen LogP contribution in [0.5, 0.6) is 5.75 Å². The molecule has 0 radical (unpaired) electrons. The molecule has 3 nitrogen and oxygen atoms in total. The highest BCUT2D eigenvalue weighted by atomic mass is 32.2. The molecule has 1 rings (SSSR count). The second-order valence-electron chi connectivity index (χ2n) is 2.03. The van der Waals surface area contributed by atoms with Crippen molar-refractivity contribution in [3.05, 3.63) is 24.0 Å². The Morgan fingerprint density at radius 3 is 2.67 bits per heavy atom. The number of hydrogen-bond donors (Lipinski definition) is 0. The van der Waals surface area contributed by atoms with E-state index in [9.17, 15) is 13.2 Å². The predicted octanol–water partition coefficient (Wildman–Crippen LogP) is 1.07. The van der Waals surface area contributed by atoms with Crippen LogP contribution in [0.1, 0.15) is 0 Å². The van der Waals surface area contributed by atoms with E-state index in [0.29, 0.717) is 0 Å². The minimum absolute atomic E-state index is 0.0317. The Balaban J connectivity index is 3.10. The molecule has 0 fully saturated rings. The first-order valence-electron chi connectivity index (χ1n) is 3.08. The largest absolute Gasteiger partial charge is 0.768 e. The fourth-order valence-corrected chi connectivity index (χ4v) is 1.13. The summed E-state index contributed by atoms with van der Waals surface area (Å²) in [6.45, 7) is 0. The lowest BCUT2D eigenvalue weighted by molar-refractivity contribution is 0.385. The topological polar surface area (TPSA) is 49.4 Å². The molecule has 1 aromatic rings. The zero-order valence-electron chi connectivity index (χ0n) is 6.24. The van der Waals surface area contributed by atoms with Gasteiger partial charge in [0.2, 0.25) is 0 Å². The third-order valence-corrected chi connectivity index (χ3v) is 1.95. The van der Waals surface area contributed by atoms with E-state index in [1.807, 2.05) is 0 Å². The van der Waals surface area contributed by atoms with Gasteiger partial charge in [0.25, 0.3) is 0 Å². The van der Waals surface area contributed by atoms with Crippen molar-refractivity contribution in [2.24, 2.45) is 0 Å². The van der Waals surface area contributed by atoms with Gasteiger partial charge in [-0.3, -0.25) is 4.21 Å². The number of halogens is 1. The smallest absolute Gasteiger partial charge is 0.166 e. The fourth-order valence-electron chi connectivity index (χ4n) is 0.751. The van der Waals surface area contributed by atoms with Crippen molar-refractivity contribution in [3.63, 3.8) is 0 Å². The first-order chi connectivity index (χ1) is 5.65. The lowest BCUT2D eigenvalue weighted by atomic mass is 10.3. The molecule has 0 aliphatic carbocycles. The number of hydrogen-bond acceptors (Lipinski definition) is 3. The van der Waals surface area contributed by atoms with Crippen LogP contribution in [0.2, 0.25) is 0 Å². The summed E-state index contributed by atoms with van der Waals surface area (Å²) in [4.78, 5) is -0.0895. The molecule has 0 amide bonds. The second-order valence-corrected chi connectivity index (χ2v) is 2.97. The van der Waals surface area contributed by atoms with Crippen molar-refractivity contribution in [1.82, 2.24) is 0 Å². The summed E-state index contributed by atoms with van der Waals surface area (Å²) in [7, 11) is 1.31. The van der Waals surface area contributed by atoms with E-state index < -0.39 is 16.9 Å². The van der Waals surface area contributed by atoms with Crippen LogP contribution in [-0.2, 0) is 11.1 Å². The minimum Gasteiger partial charge on any atom is -0.768 e. The molecule has 1 aromatic carbocycles. The fraction of sp³-hybridized carbons (Fsp3) is 0.143. The zero-order chi connectivity index (χ0) is 9.14. The zero-order valence-corrected chi connectivity index (χ0v) is 7.06. The van der Waals surface area contributed by atoms with Crippen molar-refractivity contribution in [3.8, 4) is 5.75 Å². The van der Waals surface area contributed by atoms with Crippen LogP contribution in [0.25, 0.3) is 0 Å². The summed E-state index contributed by atoms with van der Waals surface area (Å²) < 4.78 is 38.1. The summed E-state index contributed by atoms with van der Waals surface area (Å²) in [5.41, 5.74) is 0. The third-order valence-electron chi connectivity index (χ3n) is 1.32. The van der Waals surface area contributed by atoms with E-state index in [-0.39, 0.29) is 10.6 Å². The molecule has 0 aliphatic rings. The Morgan fingerprint density at radius 2 is 2.25 bits per heavy atom. The summed E-state index contributed by atoms with van der Waals surface area (Å²) >= 11 is -2.40. The maximum atomic E-state index is 12.8. The summed E-state index contributed by atoms with van der Waals surface area (Å²) in [6, 6.07) is 3.44. The van der Waals surface area contributed by atoms with E-state index in [2.05, 4.69) is 4.74 Å². The van der Waals surface area contributed by atoms with Gasteiger partial charge in [-0.15, -0.1) is 0 Å². The Morgan fingerprint density at radius 1 is 1.58 bits per heavy atom. The van der Waals surface area contributed by atoms with Crippen LogP contribution in [-0.4, -0.2) is 15.9 Å². The third kappa shape index (κ3) is 1.80. The van der Waals surface area contributed by atoms with Crippen molar-refractivity contribution in [1.29, 1.82) is 0 Å². The molecule has 0 saturated heterocycles. The number of methoxy groups -OCH3 is 1. The monoisotopic (exact) mass is 189 g/mol. The molecule has 0 aromatic heterocycles. The SMILES string of the molecule is COc1ccc(S(=O)[O-])cc1F. The first kappa shape index (κ1) is 9.15. The van der Waals surface area contributed by atoms with Gasteiger partial charge in [0, 0.05) is 4.90 Å². The Kier molecular flexibility index (Phi) is 2.78. The van der Waals surface area contributed by atoms with Gasteiger partial charge in [0.15, 0.2) is 11.6 Å². The minimum atomic E-state index is -2.40. The van der Waals surface area contributed by atoms with Crippen LogP contribution >= 0.6 is 0 Å². The van der Waals surface area contributed by atoms with Gasteiger partial charge in [-0.25, -0.2) is 4.39 Å². The van der Waals surface area contributed by atoms with Crippen LogP contribution in [0, 0.1) is 5.82 Å². The van der Waals surface area contributed by atoms with Crippen LogP contribution in [0.15, 0.2) is 23.1 Å². The normalized spacial score (nSPS) is 12.6. The van der Waals surface area contributed by atoms with Crippen molar-refractivity contribution >= 4 is 11.1 Å². The lowest BCUT2D eigenvalue weighted by Gasteiger charge is -2.06. The maximum Gasteiger partial charge on any atom is 0.166 e. The van der Waals surface area contributed by atoms with Gasteiger partial charge in [0.1, 0.15) is 0 Å². The van der Waals surface area contributed by atoms with E-state index in [0.717, 1.165) is 6.07 Å². The molecule has 0 aliphatic heterocycles. The molecular weight excluding hydrogens is 183 g/mol. The summed E-state index contributed by atoms with van der Waals surface area (Å²) in [6.07, 6.45) is 0.